The van der Waals surface area contributed by atoms with Crippen LogP contribution in [0.1, 0.15) is 20.3 Å². The SMILES string of the molecule is C=CCN(C(C)=O)C(CC)C(N)=O. The molecule has 0 aromatic heterocycles. The molecule has 0 rings (SSSR count). The molecule has 2 amide bonds. The second kappa shape index (κ2) is 5.35. The van der Waals surface area contributed by atoms with Gasteiger partial charge in [-0.05, 0) is 6.42 Å². The topological polar surface area (TPSA) is 63.4 Å². The predicted molar refractivity (Wildman–Crippen MR) is 50.9 cm³/mol. The van der Waals surface area contributed by atoms with Crippen LogP contribution in [0.5, 0.6) is 0 Å². The van der Waals surface area contributed by atoms with E-state index in [1.54, 1.807) is 6.08 Å². The highest BCUT2D eigenvalue weighted by atomic mass is 16.2. The van der Waals surface area contributed by atoms with E-state index >= 15 is 0 Å². The molecule has 0 bridgehead atoms. The summed E-state index contributed by atoms with van der Waals surface area (Å²) in [5.74, 6) is -0.634. The lowest BCUT2D eigenvalue weighted by atomic mass is 10.2. The van der Waals surface area contributed by atoms with Gasteiger partial charge in [0, 0.05) is 13.5 Å². The van der Waals surface area contributed by atoms with E-state index in [1.165, 1.54) is 11.8 Å². The van der Waals surface area contributed by atoms with E-state index in [2.05, 4.69) is 6.58 Å². The maximum atomic E-state index is 11.1. The van der Waals surface area contributed by atoms with Gasteiger partial charge in [-0.1, -0.05) is 13.0 Å². The molecule has 74 valence electrons. The molecule has 0 aliphatic heterocycles. The van der Waals surface area contributed by atoms with Crippen LogP contribution in [-0.2, 0) is 9.59 Å². The van der Waals surface area contributed by atoms with Crippen molar-refractivity contribution >= 4 is 11.8 Å². The molecule has 0 fully saturated rings. The zero-order valence-electron chi connectivity index (χ0n) is 8.12. The molecule has 0 aromatic rings. The number of rotatable bonds is 5. The molecule has 0 spiro atoms. The van der Waals surface area contributed by atoms with E-state index in [4.69, 9.17) is 5.73 Å². The first-order valence-corrected chi connectivity index (χ1v) is 4.22. The highest BCUT2D eigenvalue weighted by Gasteiger charge is 2.22. The maximum Gasteiger partial charge on any atom is 0.240 e. The first-order chi connectivity index (χ1) is 6.04. The summed E-state index contributed by atoms with van der Waals surface area (Å²) in [5, 5.41) is 0. The van der Waals surface area contributed by atoms with Gasteiger partial charge in [0.15, 0.2) is 0 Å². The molecule has 4 heteroatoms. The molecule has 1 atom stereocenters. The molecule has 1 unspecified atom stereocenters. The molecule has 4 nitrogen and oxygen atoms in total. The quantitative estimate of drug-likeness (QED) is 0.624. The number of amides is 2. The van der Waals surface area contributed by atoms with Crippen LogP contribution in [-0.4, -0.2) is 29.3 Å². The Balaban J connectivity index is 4.57. The highest BCUT2D eigenvalue weighted by Crippen LogP contribution is 2.04. The number of nitrogens with two attached hydrogens (primary N) is 1. The minimum Gasteiger partial charge on any atom is -0.368 e. The Hall–Kier alpha value is -1.32. The molecule has 0 aliphatic carbocycles. The zero-order valence-corrected chi connectivity index (χ0v) is 8.12. The molecular formula is C9H16N2O2. The molecule has 0 saturated heterocycles. The van der Waals surface area contributed by atoms with Crippen molar-refractivity contribution in [1.82, 2.24) is 4.90 Å². The van der Waals surface area contributed by atoms with Crippen LogP contribution in [0.3, 0.4) is 0 Å². The van der Waals surface area contributed by atoms with Gasteiger partial charge in [-0.25, -0.2) is 0 Å². The van der Waals surface area contributed by atoms with Gasteiger partial charge in [0.1, 0.15) is 6.04 Å². The molecule has 2 N–H and O–H groups in total. The Morgan fingerprint density at radius 2 is 2.15 bits per heavy atom. The molecule has 0 aliphatic rings. The van der Waals surface area contributed by atoms with Crippen molar-refractivity contribution in [2.75, 3.05) is 6.54 Å². The predicted octanol–water partition coefficient (Wildman–Crippen LogP) is 0.285. The van der Waals surface area contributed by atoms with Crippen molar-refractivity contribution < 1.29 is 9.59 Å². The van der Waals surface area contributed by atoms with Gasteiger partial charge in [0.25, 0.3) is 0 Å². The van der Waals surface area contributed by atoms with Gasteiger partial charge < -0.3 is 10.6 Å². The molecular weight excluding hydrogens is 168 g/mol. The summed E-state index contributed by atoms with van der Waals surface area (Å²) in [6.45, 7) is 7.10. The Bertz CT molecular complexity index is 214. The Labute approximate surface area is 78.4 Å². The zero-order chi connectivity index (χ0) is 10.4. The van der Waals surface area contributed by atoms with Crippen LogP contribution in [0.2, 0.25) is 0 Å². The van der Waals surface area contributed by atoms with Crippen LogP contribution in [0.4, 0.5) is 0 Å². The third-order valence-electron chi connectivity index (χ3n) is 1.82. The van der Waals surface area contributed by atoms with Gasteiger partial charge in [-0.15, -0.1) is 6.58 Å². The van der Waals surface area contributed by atoms with Gasteiger partial charge in [-0.2, -0.15) is 0 Å². The smallest absolute Gasteiger partial charge is 0.240 e. The Morgan fingerprint density at radius 1 is 1.62 bits per heavy atom. The molecule has 0 radical (unpaired) electrons. The largest absolute Gasteiger partial charge is 0.368 e. The number of hydrogen-bond donors (Lipinski definition) is 1. The van der Waals surface area contributed by atoms with Crippen molar-refractivity contribution in [3.63, 3.8) is 0 Å². The summed E-state index contributed by atoms with van der Waals surface area (Å²) in [4.78, 5) is 23.5. The fraction of sp³-hybridized carbons (Fsp3) is 0.556. The minimum absolute atomic E-state index is 0.162. The Morgan fingerprint density at radius 3 is 2.38 bits per heavy atom. The molecule has 0 heterocycles. The monoisotopic (exact) mass is 184 g/mol. The van der Waals surface area contributed by atoms with E-state index in [0.29, 0.717) is 13.0 Å². The number of carbonyl (C=O) groups is 2. The van der Waals surface area contributed by atoms with E-state index in [1.807, 2.05) is 6.92 Å². The van der Waals surface area contributed by atoms with Crippen LogP contribution in [0.25, 0.3) is 0 Å². The van der Waals surface area contributed by atoms with Gasteiger partial charge in [0.05, 0.1) is 0 Å². The van der Waals surface area contributed by atoms with E-state index in [-0.39, 0.29) is 5.91 Å². The summed E-state index contributed by atoms with van der Waals surface area (Å²) in [6.07, 6.45) is 2.11. The van der Waals surface area contributed by atoms with E-state index < -0.39 is 11.9 Å². The highest BCUT2D eigenvalue weighted by molar-refractivity contribution is 5.85. The van der Waals surface area contributed by atoms with Crippen LogP contribution in [0, 0.1) is 0 Å². The number of primary amides is 1. The fourth-order valence-corrected chi connectivity index (χ4v) is 1.19. The third kappa shape index (κ3) is 3.27. The lowest BCUT2D eigenvalue weighted by molar-refractivity contribution is -0.137. The molecule has 0 aromatic carbocycles. The molecule has 13 heavy (non-hydrogen) atoms. The lowest BCUT2D eigenvalue weighted by Crippen LogP contribution is -2.46. The Kier molecular flexibility index (Phi) is 4.80. The number of carbonyl (C=O) groups excluding carboxylic acids is 2. The fourth-order valence-electron chi connectivity index (χ4n) is 1.19. The number of hydrogen-bond acceptors (Lipinski definition) is 2. The van der Waals surface area contributed by atoms with Gasteiger partial charge in [0.2, 0.25) is 11.8 Å². The summed E-state index contributed by atoms with van der Waals surface area (Å²) in [7, 11) is 0. The van der Waals surface area contributed by atoms with Crippen molar-refractivity contribution in [3.05, 3.63) is 12.7 Å². The standard InChI is InChI=1S/C9H16N2O2/c1-4-6-11(7(3)12)8(5-2)9(10)13/h4,8H,1,5-6H2,2-3H3,(H2,10,13). The summed E-state index contributed by atoms with van der Waals surface area (Å²) >= 11 is 0. The average molecular weight is 184 g/mol. The second-order valence-electron chi connectivity index (χ2n) is 2.79. The molecule has 0 saturated carbocycles. The van der Waals surface area contributed by atoms with Crippen molar-refractivity contribution in [2.45, 2.75) is 26.3 Å². The van der Waals surface area contributed by atoms with Gasteiger partial charge in [-0.3, -0.25) is 9.59 Å². The minimum atomic E-state index is -0.518. The van der Waals surface area contributed by atoms with Crippen LogP contribution in [0.15, 0.2) is 12.7 Å². The summed E-state index contributed by atoms with van der Waals surface area (Å²) in [6, 6.07) is -0.518. The maximum absolute atomic E-state index is 11.1. The van der Waals surface area contributed by atoms with E-state index in [9.17, 15) is 9.59 Å². The third-order valence-corrected chi connectivity index (χ3v) is 1.82. The summed E-state index contributed by atoms with van der Waals surface area (Å²) < 4.78 is 0. The van der Waals surface area contributed by atoms with Gasteiger partial charge >= 0.3 is 0 Å². The first-order valence-electron chi connectivity index (χ1n) is 4.22. The number of nitrogens with zero attached hydrogens (tertiary/aromatic N) is 1. The lowest BCUT2D eigenvalue weighted by Gasteiger charge is -2.26. The average Bonchev–Trinajstić information content (AvgIpc) is 2.03. The second-order valence-corrected chi connectivity index (χ2v) is 2.79. The summed E-state index contributed by atoms with van der Waals surface area (Å²) in [5.41, 5.74) is 5.15. The normalized spacial score (nSPS) is 11.8. The van der Waals surface area contributed by atoms with Crippen LogP contribution < -0.4 is 5.73 Å². The first kappa shape index (κ1) is 11.7. The van der Waals surface area contributed by atoms with Crippen molar-refractivity contribution in [1.29, 1.82) is 0 Å². The van der Waals surface area contributed by atoms with E-state index in [0.717, 1.165) is 0 Å². The van der Waals surface area contributed by atoms with Crippen LogP contribution >= 0.6 is 0 Å². The van der Waals surface area contributed by atoms with Crippen molar-refractivity contribution in [2.24, 2.45) is 5.73 Å². The van der Waals surface area contributed by atoms with Crippen molar-refractivity contribution in [3.8, 4) is 0 Å².